The highest BCUT2D eigenvalue weighted by atomic mass is 35.5. The lowest BCUT2D eigenvalue weighted by Crippen LogP contribution is -2.52. The van der Waals surface area contributed by atoms with Crippen molar-refractivity contribution in [2.24, 2.45) is 0 Å². The minimum atomic E-state index is 0. The predicted molar refractivity (Wildman–Crippen MR) is 80.2 cm³/mol. The van der Waals surface area contributed by atoms with Gasteiger partial charge in [-0.15, -0.1) is 12.4 Å². The molecule has 1 atom stereocenters. The highest BCUT2D eigenvalue weighted by molar-refractivity contribution is 5.95. The van der Waals surface area contributed by atoms with Crippen LogP contribution in [0, 0.1) is 0 Å². The molecule has 0 saturated carbocycles. The van der Waals surface area contributed by atoms with Crippen LogP contribution in [0.3, 0.4) is 0 Å². The summed E-state index contributed by atoms with van der Waals surface area (Å²) in [6, 6.07) is 5.45. The third-order valence-corrected chi connectivity index (χ3v) is 3.36. The summed E-state index contributed by atoms with van der Waals surface area (Å²) in [5, 5.41) is 3.27. The molecule has 1 fully saturated rings. The van der Waals surface area contributed by atoms with E-state index >= 15 is 0 Å². The lowest BCUT2D eigenvalue weighted by atomic mass is 10.1. The standard InChI is InChI=1S/C14H20N2O3.ClH/c1-10-9-15-4-5-16(10)14(17)11-6-12(18-2)8-13(7-11)19-3;/h6-8,10,15H,4-5,9H2,1-3H3;1H. The van der Waals surface area contributed by atoms with Crippen molar-refractivity contribution in [1.29, 1.82) is 0 Å². The van der Waals surface area contributed by atoms with Crippen LogP contribution in [-0.4, -0.2) is 50.7 Å². The van der Waals surface area contributed by atoms with Gasteiger partial charge in [-0.3, -0.25) is 4.79 Å². The molecule has 1 amide bonds. The van der Waals surface area contributed by atoms with Crippen molar-refractivity contribution in [3.8, 4) is 11.5 Å². The van der Waals surface area contributed by atoms with Crippen molar-refractivity contribution in [3.05, 3.63) is 23.8 Å². The van der Waals surface area contributed by atoms with E-state index in [0.29, 0.717) is 17.1 Å². The first-order chi connectivity index (χ1) is 9.15. The molecule has 2 rings (SSSR count). The maximum atomic E-state index is 12.5. The van der Waals surface area contributed by atoms with Crippen LogP contribution in [0.15, 0.2) is 18.2 Å². The molecule has 1 heterocycles. The van der Waals surface area contributed by atoms with Crippen molar-refractivity contribution in [3.63, 3.8) is 0 Å². The van der Waals surface area contributed by atoms with E-state index < -0.39 is 0 Å². The van der Waals surface area contributed by atoms with Crippen LogP contribution in [0.1, 0.15) is 17.3 Å². The summed E-state index contributed by atoms with van der Waals surface area (Å²) in [5.74, 6) is 1.28. The van der Waals surface area contributed by atoms with E-state index in [1.165, 1.54) is 0 Å². The molecule has 0 radical (unpaired) electrons. The van der Waals surface area contributed by atoms with Gasteiger partial charge in [0.25, 0.3) is 5.91 Å². The van der Waals surface area contributed by atoms with Crippen molar-refractivity contribution in [2.75, 3.05) is 33.9 Å². The zero-order valence-corrected chi connectivity index (χ0v) is 12.8. The molecule has 0 spiro atoms. The number of halogens is 1. The first kappa shape index (κ1) is 16.6. The molecule has 0 aromatic heterocycles. The Bertz CT molecular complexity index is 445. The van der Waals surface area contributed by atoms with Gasteiger partial charge in [-0.05, 0) is 19.1 Å². The van der Waals surface area contributed by atoms with Crippen LogP contribution in [-0.2, 0) is 0 Å². The minimum absolute atomic E-state index is 0. The molecule has 20 heavy (non-hydrogen) atoms. The largest absolute Gasteiger partial charge is 0.497 e. The van der Waals surface area contributed by atoms with Gasteiger partial charge in [0.15, 0.2) is 0 Å². The molecule has 0 aliphatic carbocycles. The number of nitrogens with one attached hydrogen (secondary N) is 1. The van der Waals surface area contributed by atoms with Gasteiger partial charge < -0.3 is 19.7 Å². The van der Waals surface area contributed by atoms with E-state index in [-0.39, 0.29) is 24.4 Å². The fraction of sp³-hybridized carbons (Fsp3) is 0.500. The molecule has 1 aliphatic heterocycles. The van der Waals surface area contributed by atoms with Crippen LogP contribution in [0.2, 0.25) is 0 Å². The quantitative estimate of drug-likeness (QED) is 0.920. The summed E-state index contributed by atoms with van der Waals surface area (Å²) >= 11 is 0. The van der Waals surface area contributed by atoms with E-state index in [9.17, 15) is 4.79 Å². The Kier molecular flexibility index (Phi) is 6.10. The minimum Gasteiger partial charge on any atom is -0.497 e. The molecule has 1 aromatic rings. The third-order valence-electron chi connectivity index (χ3n) is 3.36. The van der Waals surface area contributed by atoms with E-state index in [1.54, 1.807) is 32.4 Å². The van der Waals surface area contributed by atoms with Crippen molar-refractivity contribution < 1.29 is 14.3 Å². The van der Waals surface area contributed by atoms with E-state index in [1.807, 2.05) is 11.8 Å². The Morgan fingerprint density at radius 1 is 1.25 bits per heavy atom. The van der Waals surface area contributed by atoms with Crippen LogP contribution in [0.4, 0.5) is 0 Å². The number of methoxy groups -OCH3 is 2. The van der Waals surface area contributed by atoms with E-state index in [4.69, 9.17) is 9.47 Å². The molecule has 112 valence electrons. The van der Waals surface area contributed by atoms with E-state index in [2.05, 4.69) is 5.32 Å². The topological polar surface area (TPSA) is 50.8 Å². The molecule has 1 aliphatic rings. The fourth-order valence-electron chi connectivity index (χ4n) is 2.24. The average Bonchev–Trinajstić information content (AvgIpc) is 2.46. The second-order valence-corrected chi connectivity index (χ2v) is 4.65. The Morgan fingerprint density at radius 3 is 2.35 bits per heavy atom. The van der Waals surface area contributed by atoms with Crippen molar-refractivity contribution >= 4 is 18.3 Å². The molecule has 6 heteroatoms. The molecule has 1 saturated heterocycles. The highest BCUT2D eigenvalue weighted by Crippen LogP contribution is 2.24. The lowest BCUT2D eigenvalue weighted by molar-refractivity contribution is 0.0655. The Hall–Kier alpha value is -1.46. The van der Waals surface area contributed by atoms with Gasteiger partial charge in [-0.2, -0.15) is 0 Å². The molecule has 1 N–H and O–H groups in total. The number of hydrogen-bond acceptors (Lipinski definition) is 4. The predicted octanol–water partition coefficient (Wildman–Crippen LogP) is 1.56. The first-order valence-corrected chi connectivity index (χ1v) is 6.40. The summed E-state index contributed by atoms with van der Waals surface area (Å²) < 4.78 is 10.4. The van der Waals surface area contributed by atoms with Gasteiger partial charge in [0.05, 0.1) is 14.2 Å². The second kappa shape index (κ2) is 7.36. The Labute approximate surface area is 125 Å². The second-order valence-electron chi connectivity index (χ2n) is 4.65. The number of benzene rings is 1. The van der Waals surface area contributed by atoms with Gasteiger partial charge in [0, 0.05) is 37.3 Å². The summed E-state index contributed by atoms with van der Waals surface area (Å²) in [6.45, 7) is 4.42. The van der Waals surface area contributed by atoms with Crippen LogP contribution in [0.25, 0.3) is 0 Å². The van der Waals surface area contributed by atoms with E-state index in [0.717, 1.165) is 19.6 Å². The number of rotatable bonds is 3. The van der Waals surface area contributed by atoms with Gasteiger partial charge >= 0.3 is 0 Å². The Balaban J connectivity index is 0.00000200. The summed E-state index contributed by atoms with van der Waals surface area (Å²) in [7, 11) is 3.16. The molecule has 1 aromatic carbocycles. The van der Waals surface area contributed by atoms with Gasteiger partial charge in [0.2, 0.25) is 0 Å². The van der Waals surface area contributed by atoms with Crippen LogP contribution in [0.5, 0.6) is 11.5 Å². The van der Waals surface area contributed by atoms with Gasteiger partial charge in [0.1, 0.15) is 11.5 Å². The third kappa shape index (κ3) is 3.55. The maximum absolute atomic E-state index is 12.5. The monoisotopic (exact) mass is 300 g/mol. The maximum Gasteiger partial charge on any atom is 0.254 e. The fourth-order valence-corrected chi connectivity index (χ4v) is 2.24. The summed E-state index contributed by atoms with van der Waals surface area (Å²) in [5.41, 5.74) is 0.602. The number of hydrogen-bond donors (Lipinski definition) is 1. The lowest BCUT2D eigenvalue weighted by Gasteiger charge is -2.34. The summed E-state index contributed by atoms with van der Waals surface area (Å²) in [6.07, 6.45) is 0. The molecular formula is C14H21ClN2O3. The zero-order chi connectivity index (χ0) is 13.8. The number of carbonyl (C=O) groups is 1. The smallest absolute Gasteiger partial charge is 0.254 e. The van der Waals surface area contributed by atoms with Crippen LogP contribution >= 0.6 is 12.4 Å². The SMILES string of the molecule is COc1cc(OC)cc(C(=O)N2CCNCC2C)c1.Cl. The molecular weight excluding hydrogens is 280 g/mol. The number of piperazine rings is 1. The van der Waals surface area contributed by atoms with Crippen molar-refractivity contribution in [1.82, 2.24) is 10.2 Å². The highest BCUT2D eigenvalue weighted by Gasteiger charge is 2.24. The summed E-state index contributed by atoms with van der Waals surface area (Å²) in [4.78, 5) is 14.4. The van der Waals surface area contributed by atoms with Crippen molar-refractivity contribution in [2.45, 2.75) is 13.0 Å². The molecule has 1 unspecified atom stereocenters. The number of ether oxygens (including phenoxy) is 2. The number of carbonyl (C=O) groups excluding carboxylic acids is 1. The average molecular weight is 301 g/mol. The number of amides is 1. The number of nitrogens with zero attached hydrogens (tertiary/aromatic N) is 1. The van der Waals surface area contributed by atoms with Gasteiger partial charge in [-0.25, -0.2) is 0 Å². The Morgan fingerprint density at radius 2 is 1.85 bits per heavy atom. The van der Waals surface area contributed by atoms with Gasteiger partial charge in [-0.1, -0.05) is 0 Å². The zero-order valence-electron chi connectivity index (χ0n) is 12.0. The molecule has 0 bridgehead atoms. The normalized spacial score (nSPS) is 18.1. The first-order valence-electron chi connectivity index (χ1n) is 6.40. The van der Waals surface area contributed by atoms with Crippen LogP contribution < -0.4 is 14.8 Å². The molecule has 5 nitrogen and oxygen atoms in total.